The fourth-order valence-electron chi connectivity index (χ4n) is 4.65. The van der Waals surface area contributed by atoms with Gasteiger partial charge in [-0.1, -0.05) is 30.3 Å². The van der Waals surface area contributed by atoms with Gasteiger partial charge in [0.2, 0.25) is 5.91 Å². The number of amides is 2. The van der Waals surface area contributed by atoms with Crippen molar-refractivity contribution < 1.29 is 18.8 Å². The highest BCUT2D eigenvalue weighted by atomic mass is 16.3. The Kier molecular flexibility index (Phi) is 7.37. The Hall–Kier alpha value is -2.93. The first-order chi connectivity index (χ1) is 15.6. The molecule has 2 fully saturated rings. The van der Waals surface area contributed by atoms with E-state index in [1.807, 2.05) is 6.07 Å². The number of piperidine rings is 1. The lowest BCUT2D eigenvalue weighted by Gasteiger charge is -2.31. The fraction of sp³-hybridized carbons (Fsp3) is 0.480. The maximum atomic E-state index is 12.5. The van der Waals surface area contributed by atoms with Crippen LogP contribution in [0.3, 0.4) is 0 Å². The van der Waals surface area contributed by atoms with Gasteiger partial charge in [-0.2, -0.15) is 0 Å². The highest BCUT2D eigenvalue weighted by Crippen LogP contribution is 2.23. The molecule has 0 spiro atoms. The summed E-state index contributed by atoms with van der Waals surface area (Å²) >= 11 is 0. The summed E-state index contributed by atoms with van der Waals surface area (Å²) in [6.45, 7) is 3.92. The van der Waals surface area contributed by atoms with E-state index in [0.717, 1.165) is 45.3 Å². The Morgan fingerprint density at radius 2 is 1.75 bits per heavy atom. The summed E-state index contributed by atoms with van der Waals surface area (Å²) in [4.78, 5) is 40.9. The van der Waals surface area contributed by atoms with E-state index >= 15 is 0 Å². The lowest BCUT2D eigenvalue weighted by molar-refractivity contribution is -0.128. The fourth-order valence-corrected chi connectivity index (χ4v) is 4.65. The molecule has 170 valence electrons. The molecule has 2 aliphatic rings. The molecule has 3 heterocycles. The lowest BCUT2D eigenvalue weighted by Crippen LogP contribution is -2.42. The Morgan fingerprint density at radius 1 is 0.969 bits per heavy atom. The summed E-state index contributed by atoms with van der Waals surface area (Å²) in [5, 5.41) is 3.19. The minimum Gasteiger partial charge on any atom is -0.461 e. The molecular formula is C25H31N3O4. The van der Waals surface area contributed by atoms with Crippen LogP contribution in [0.2, 0.25) is 0 Å². The van der Waals surface area contributed by atoms with Gasteiger partial charge in [0.15, 0.2) is 5.76 Å². The van der Waals surface area contributed by atoms with E-state index in [1.165, 1.54) is 17.9 Å². The predicted octanol–water partition coefficient (Wildman–Crippen LogP) is 2.87. The van der Waals surface area contributed by atoms with Crippen molar-refractivity contribution in [3.63, 3.8) is 0 Å². The standard InChI is InChI=1S/C25H31N3O4/c29-23(26-21-12-13-27(18-21)17-20-5-2-1-3-6-20)9-8-19-10-14-28(15-11-19)25(31)24(30)22-7-4-16-32-22/h1-7,16,19,21H,8-15,17-18H2,(H,26,29). The molecule has 2 amide bonds. The SMILES string of the molecule is O=C(CCC1CCN(C(=O)C(=O)c2ccco2)CC1)NC1CCN(Cc2ccccc2)C1. The Balaban J connectivity index is 1.13. The summed E-state index contributed by atoms with van der Waals surface area (Å²) in [6, 6.07) is 13.7. The van der Waals surface area contributed by atoms with Crippen molar-refractivity contribution in [3.05, 3.63) is 60.1 Å². The number of ketones is 1. The Bertz CT molecular complexity index is 905. The minimum absolute atomic E-state index is 0.0861. The van der Waals surface area contributed by atoms with Crippen LogP contribution in [-0.4, -0.2) is 59.6 Å². The van der Waals surface area contributed by atoms with Crippen LogP contribution in [0.1, 0.15) is 48.2 Å². The quantitative estimate of drug-likeness (QED) is 0.507. The zero-order valence-corrected chi connectivity index (χ0v) is 18.4. The normalized spacial score (nSPS) is 19.8. The lowest BCUT2D eigenvalue weighted by atomic mass is 9.91. The molecule has 1 aromatic carbocycles. The van der Waals surface area contributed by atoms with E-state index in [2.05, 4.69) is 34.5 Å². The Morgan fingerprint density at radius 3 is 2.47 bits per heavy atom. The van der Waals surface area contributed by atoms with Gasteiger partial charge < -0.3 is 14.6 Å². The van der Waals surface area contributed by atoms with Crippen LogP contribution in [0.4, 0.5) is 0 Å². The predicted molar refractivity (Wildman–Crippen MR) is 120 cm³/mol. The molecule has 1 aromatic heterocycles. The average Bonchev–Trinajstić information content (AvgIpc) is 3.50. The third-order valence-electron chi connectivity index (χ3n) is 6.51. The second-order valence-corrected chi connectivity index (χ2v) is 8.85. The van der Waals surface area contributed by atoms with E-state index < -0.39 is 11.7 Å². The van der Waals surface area contributed by atoms with Gasteiger partial charge in [-0.15, -0.1) is 0 Å². The van der Waals surface area contributed by atoms with E-state index in [4.69, 9.17) is 4.42 Å². The van der Waals surface area contributed by atoms with Crippen LogP contribution in [0.25, 0.3) is 0 Å². The summed E-state index contributed by atoms with van der Waals surface area (Å²) in [5.41, 5.74) is 1.30. The van der Waals surface area contributed by atoms with E-state index in [9.17, 15) is 14.4 Å². The molecule has 4 rings (SSSR count). The molecule has 1 atom stereocenters. The largest absolute Gasteiger partial charge is 0.461 e. The minimum atomic E-state index is -0.592. The smallest absolute Gasteiger partial charge is 0.298 e. The van der Waals surface area contributed by atoms with Gasteiger partial charge in [0, 0.05) is 45.2 Å². The van der Waals surface area contributed by atoms with Crippen molar-refractivity contribution in [3.8, 4) is 0 Å². The van der Waals surface area contributed by atoms with Crippen molar-refractivity contribution in [2.45, 2.75) is 44.7 Å². The zero-order valence-electron chi connectivity index (χ0n) is 18.4. The molecule has 0 aliphatic carbocycles. The molecule has 0 saturated carbocycles. The topological polar surface area (TPSA) is 82.9 Å². The number of hydrogen-bond donors (Lipinski definition) is 1. The molecule has 1 unspecified atom stereocenters. The summed E-state index contributed by atoms with van der Waals surface area (Å²) < 4.78 is 5.04. The number of carbonyl (C=O) groups is 3. The van der Waals surface area contributed by atoms with Crippen LogP contribution in [0, 0.1) is 5.92 Å². The maximum Gasteiger partial charge on any atom is 0.298 e. The van der Waals surface area contributed by atoms with Crippen molar-refractivity contribution in [1.82, 2.24) is 15.1 Å². The van der Waals surface area contributed by atoms with Gasteiger partial charge in [-0.3, -0.25) is 19.3 Å². The van der Waals surface area contributed by atoms with Crippen molar-refractivity contribution in [1.29, 1.82) is 0 Å². The second kappa shape index (κ2) is 10.6. The molecule has 2 aromatic rings. The van der Waals surface area contributed by atoms with Crippen LogP contribution >= 0.6 is 0 Å². The molecule has 0 bridgehead atoms. The third-order valence-corrected chi connectivity index (χ3v) is 6.51. The first-order valence-electron chi connectivity index (χ1n) is 11.5. The summed E-state index contributed by atoms with van der Waals surface area (Å²) in [7, 11) is 0. The van der Waals surface area contributed by atoms with Gasteiger partial charge in [0.25, 0.3) is 11.7 Å². The molecule has 0 radical (unpaired) electrons. The third kappa shape index (κ3) is 5.85. The van der Waals surface area contributed by atoms with E-state index in [1.54, 1.807) is 11.0 Å². The van der Waals surface area contributed by atoms with Gasteiger partial charge in [0.1, 0.15) is 0 Å². The molecule has 2 aliphatic heterocycles. The highest BCUT2D eigenvalue weighted by molar-refractivity contribution is 6.41. The monoisotopic (exact) mass is 437 g/mol. The number of furan rings is 1. The molecule has 2 saturated heterocycles. The van der Waals surface area contributed by atoms with Gasteiger partial charge in [0.05, 0.1) is 6.26 Å². The van der Waals surface area contributed by atoms with Gasteiger partial charge in [-0.05, 0) is 49.3 Å². The average molecular weight is 438 g/mol. The van der Waals surface area contributed by atoms with Gasteiger partial charge >= 0.3 is 0 Å². The number of nitrogens with one attached hydrogen (secondary N) is 1. The number of nitrogens with zero attached hydrogens (tertiary/aromatic N) is 2. The second-order valence-electron chi connectivity index (χ2n) is 8.85. The first-order valence-corrected chi connectivity index (χ1v) is 11.5. The molecule has 7 nitrogen and oxygen atoms in total. The number of Topliss-reactive ketones (excluding diaryl/α,β-unsaturated/α-hetero) is 1. The Labute approximate surface area is 188 Å². The van der Waals surface area contributed by atoms with Crippen molar-refractivity contribution in [2.24, 2.45) is 5.92 Å². The number of hydrogen-bond acceptors (Lipinski definition) is 5. The van der Waals surface area contributed by atoms with Crippen LogP contribution in [0.15, 0.2) is 53.1 Å². The van der Waals surface area contributed by atoms with Crippen LogP contribution in [0.5, 0.6) is 0 Å². The maximum absolute atomic E-state index is 12.5. The van der Waals surface area contributed by atoms with Crippen LogP contribution < -0.4 is 5.32 Å². The molecular weight excluding hydrogens is 406 g/mol. The number of rotatable bonds is 8. The summed E-state index contributed by atoms with van der Waals surface area (Å²) in [5.74, 6) is -0.490. The van der Waals surface area contributed by atoms with Crippen molar-refractivity contribution in [2.75, 3.05) is 26.2 Å². The molecule has 1 N–H and O–H groups in total. The highest BCUT2D eigenvalue weighted by Gasteiger charge is 2.29. The van der Waals surface area contributed by atoms with Crippen molar-refractivity contribution >= 4 is 17.6 Å². The molecule has 7 heteroatoms. The van der Waals surface area contributed by atoms with Crippen LogP contribution in [-0.2, 0) is 16.1 Å². The molecule has 32 heavy (non-hydrogen) atoms. The van der Waals surface area contributed by atoms with E-state index in [0.29, 0.717) is 25.4 Å². The van der Waals surface area contributed by atoms with Gasteiger partial charge in [-0.25, -0.2) is 0 Å². The number of carbonyl (C=O) groups excluding carboxylic acids is 3. The number of benzene rings is 1. The number of likely N-dealkylation sites (tertiary alicyclic amines) is 2. The summed E-state index contributed by atoms with van der Waals surface area (Å²) in [6.07, 6.45) is 5.35. The first kappa shape index (κ1) is 22.3. The zero-order chi connectivity index (χ0) is 22.3. The van der Waals surface area contributed by atoms with E-state index in [-0.39, 0.29) is 17.7 Å².